The van der Waals surface area contributed by atoms with Crippen LogP contribution in [0.4, 0.5) is 4.39 Å². The van der Waals surface area contributed by atoms with E-state index in [-0.39, 0.29) is 18.5 Å². The zero-order valence-corrected chi connectivity index (χ0v) is 12.2. The Kier molecular flexibility index (Phi) is 5.17. The van der Waals surface area contributed by atoms with Gasteiger partial charge in [-0.1, -0.05) is 24.3 Å². The molecule has 2 aromatic carbocycles. The third-order valence-corrected chi connectivity index (χ3v) is 3.11. The standard InChI is InChI=1S/C17H19FO3/c1-12(19)10-13-6-8-15(9-7-13)21-11-14-4-3-5-16(20-2)17(14)18/h3-9,12,19H,10-11H2,1-2H3. The zero-order chi connectivity index (χ0) is 15.2. The molecular formula is C17H19FO3. The monoisotopic (exact) mass is 290 g/mol. The van der Waals surface area contributed by atoms with E-state index in [0.29, 0.717) is 17.7 Å². The number of ether oxygens (including phenoxy) is 2. The molecule has 4 heteroatoms. The lowest BCUT2D eigenvalue weighted by Gasteiger charge is -2.10. The van der Waals surface area contributed by atoms with Gasteiger partial charge in [-0.3, -0.25) is 0 Å². The summed E-state index contributed by atoms with van der Waals surface area (Å²) >= 11 is 0. The second-order valence-corrected chi connectivity index (χ2v) is 4.92. The molecule has 1 unspecified atom stereocenters. The SMILES string of the molecule is COc1cccc(COc2ccc(CC(C)O)cc2)c1F. The first-order valence-electron chi connectivity index (χ1n) is 6.81. The van der Waals surface area contributed by atoms with E-state index in [2.05, 4.69) is 0 Å². The van der Waals surface area contributed by atoms with E-state index >= 15 is 0 Å². The van der Waals surface area contributed by atoms with Crippen LogP contribution >= 0.6 is 0 Å². The topological polar surface area (TPSA) is 38.7 Å². The number of rotatable bonds is 6. The van der Waals surface area contributed by atoms with E-state index in [1.807, 2.05) is 24.3 Å². The van der Waals surface area contributed by atoms with Gasteiger partial charge in [-0.25, -0.2) is 4.39 Å². The smallest absolute Gasteiger partial charge is 0.171 e. The normalized spacial score (nSPS) is 12.0. The van der Waals surface area contributed by atoms with Crippen molar-refractivity contribution in [1.29, 1.82) is 0 Å². The average molecular weight is 290 g/mol. The molecule has 1 N–H and O–H groups in total. The average Bonchev–Trinajstić information content (AvgIpc) is 2.47. The van der Waals surface area contributed by atoms with Crippen molar-refractivity contribution in [3.05, 3.63) is 59.4 Å². The van der Waals surface area contributed by atoms with E-state index in [9.17, 15) is 9.50 Å². The Morgan fingerprint density at radius 2 is 1.86 bits per heavy atom. The lowest BCUT2D eigenvalue weighted by atomic mass is 10.1. The Labute approximate surface area is 124 Å². The summed E-state index contributed by atoms with van der Waals surface area (Å²) < 4.78 is 24.5. The van der Waals surface area contributed by atoms with Gasteiger partial charge in [-0.15, -0.1) is 0 Å². The highest BCUT2D eigenvalue weighted by Gasteiger charge is 2.08. The van der Waals surface area contributed by atoms with Crippen molar-refractivity contribution in [3.8, 4) is 11.5 Å². The van der Waals surface area contributed by atoms with E-state index in [1.165, 1.54) is 7.11 Å². The molecule has 0 spiro atoms. The summed E-state index contributed by atoms with van der Waals surface area (Å²) in [7, 11) is 1.43. The van der Waals surface area contributed by atoms with Crippen molar-refractivity contribution >= 4 is 0 Å². The quantitative estimate of drug-likeness (QED) is 0.887. The summed E-state index contributed by atoms with van der Waals surface area (Å²) in [5, 5.41) is 9.32. The van der Waals surface area contributed by atoms with Crippen LogP contribution in [0, 0.1) is 5.82 Å². The van der Waals surface area contributed by atoms with Crippen LogP contribution in [0.3, 0.4) is 0 Å². The van der Waals surface area contributed by atoms with Crippen LogP contribution in [0.5, 0.6) is 11.5 Å². The van der Waals surface area contributed by atoms with Crippen molar-refractivity contribution in [2.75, 3.05) is 7.11 Å². The predicted octanol–water partition coefficient (Wildman–Crippen LogP) is 3.34. The highest BCUT2D eigenvalue weighted by molar-refractivity contribution is 5.32. The minimum absolute atomic E-state index is 0.138. The fourth-order valence-corrected chi connectivity index (χ4v) is 2.05. The Morgan fingerprint density at radius 3 is 2.48 bits per heavy atom. The van der Waals surface area contributed by atoms with Crippen molar-refractivity contribution in [1.82, 2.24) is 0 Å². The van der Waals surface area contributed by atoms with Crippen molar-refractivity contribution in [2.24, 2.45) is 0 Å². The second kappa shape index (κ2) is 7.09. The van der Waals surface area contributed by atoms with Gasteiger partial charge in [0, 0.05) is 5.56 Å². The van der Waals surface area contributed by atoms with E-state index in [1.54, 1.807) is 25.1 Å². The second-order valence-electron chi connectivity index (χ2n) is 4.92. The molecule has 21 heavy (non-hydrogen) atoms. The van der Waals surface area contributed by atoms with Crippen LogP contribution in [-0.2, 0) is 13.0 Å². The molecule has 3 nitrogen and oxygen atoms in total. The number of halogens is 1. The van der Waals surface area contributed by atoms with Crippen LogP contribution in [-0.4, -0.2) is 18.3 Å². The predicted molar refractivity (Wildman–Crippen MR) is 79.1 cm³/mol. The number of methoxy groups -OCH3 is 1. The van der Waals surface area contributed by atoms with E-state index in [4.69, 9.17) is 9.47 Å². The maximum atomic E-state index is 14.0. The summed E-state index contributed by atoms with van der Waals surface area (Å²) in [6, 6.07) is 12.4. The summed E-state index contributed by atoms with van der Waals surface area (Å²) in [5.74, 6) is 0.473. The molecule has 0 heterocycles. The van der Waals surface area contributed by atoms with Crippen molar-refractivity contribution < 1.29 is 19.0 Å². The molecule has 1 atom stereocenters. The summed E-state index contributed by atoms with van der Waals surface area (Å²) in [6.45, 7) is 1.88. The van der Waals surface area contributed by atoms with Gasteiger partial charge in [0.15, 0.2) is 11.6 Å². The molecule has 0 aliphatic rings. The Hall–Kier alpha value is -2.07. The largest absolute Gasteiger partial charge is 0.494 e. The minimum Gasteiger partial charge on any atom is -0.494 e. The maximum absolute atomic E-state index is 14.0. The number of hydrogen-bond donors (Lipinski definition) is 1. The van der Waals surface area contributed by atoms with Crippen LogP contribution in [0.25, 0.3) is 0 Å². The molecule has 0 aliphatic heterocycles. The van der Waals surface area contributed by atoms with Crippen LogP contribution in [0.15, 0.2) is 42.5 Å². The van der Waals surface area contributed by atoms with Gasteiger partial charge < -0.3 is 14.6 Å². The molecule has 0 radical (unpaired) electrons. The highest BCUT2D eigenvalue weighted by Crippen LogP contribution is 2.22. The molecule has 0 aromatic heterocycles. The zero-order valence-electron chi connectivity index (χ0n) is 12.2. The summed E-state index contributed by atoms with van der Waals surface area (Å²) in [4.78, 5) is 0. The van der Waals surface area contributed by atoms with Gasteiger partial charge in [0.05, 0.1) is 13.2 Å². The summed E-state index contributed by atoms with van der Waals surface area (Å²) in [6.07, 6.45) is 0.229. The molecule has 2 aromatic rings. The summed E-state index contributed by atoms with van der Waals surface area (Å²) in [5.41, 5.74) is 1.48. The Balaban J connectivity index is 2.00. The first-order valence-corrected chi connectivity index (χ1v) is 6.81. The van der Waals surface area contributed by atoms with Gasteiger partial charge >= 0.3 is 0 Å². The number of aliphatic hydroxyl groups excluding tert-OH is 1. The maximum Gasteiger partial charge on any atom is 0.171 e. The number of benzene rings is 2. The van der Waals surface area contributed by atoms with E-state index < -0.39 is 5.82 Å². The van der Waals surface area contributed by atoms with Gasteiger partial charge in [0.25, 0.3) is 0 Å². The Bertz CT molecular complexity index is 579. The molecule has 0 saturated heterocycles. The van der Waals surface area contributed by atoms with Crippen molar-refractivity contribution in [3.63, 3.8) is 0 Å². The first-order chi connectivity index (χ1) is 10.1. The molecule has 0 aliphatic carbocycles. The van der Waals surface area contributed by atoms with Gasteiger partial charge in [-0.05, 0) is 37.1 Å². The van der Waals surface area contributed by atoms with E-state index in [0.717, 1.165) is 5.56 Å². The van der Waals surface area contributed by atoms with Crippen LogP contribution < -0.4 is 9.47 Å². The molecular weight excluding hydrogens is 271 g/mol. The highest BCUT2D eigenvalue weighted by atomic mass is 19.1. The molecule has 0 saturated carbocycles. The third kappa shape index (κ3) is 4.20. The minimum atomic E-state index is -0.397. The Morgan fingerprint density at radius 1 is 1.14 bits per heavy atom. The molecule has 0 amide bonds. The van der Waals surface area contributed by atoms with Gasteiger partial charge in [0.1, 0.15) is 12.4 Å². The lowest BCUT2D eigenvalue weighted by molar-refractivity contribution is 0.195. The number of hydrogen-bond acceptors (Lipinski definition) is 3. The third-order valence-electron chi connectivity index (χ3n) is 3.11. The van der Waals surface area contributed by atoms with Crippen LogP contribution in [0.1, 0.15) is 18.1 Å². The number of aliphatic hydroxyl groups is 1. The van der Waals surface area contributed by atoms with Crippen molar-refractivity contribution in [2.45, 2.75) is 26.1 Å². The fourth-order valence-electron chi connectivity index (χ4n) is 2.05. The molecule has 0 bridgehead atoms. The van der Waals surface area contributed by atoms with Crippen LogP contribution in [0.2, 0.25) is 0 Å². The van der Waals surface area contributed by atoms with Gasteiger partial charge in [-0.2, -0.15) is 0 Å². The molecule has 2 rings (SSSR count). The molecule has 0 fully saturated rings. The fraction of sp³-hybridized carbons (Fsp3) is 0.294. The molecule has 112 valence electrons. The lowest BCUT2D eigenvalue weighted by Crippen LogP contribution is -2.04. The first kappa shape index (κ1) is 15.3. The van der Waals surface area contributed by atoms with Gasteiger partial charge in [0.2, 0.25) is 0 Å².